The molecule has 0 spiro atoms. The topological polar surface area (TPSA) is 125 Å². The Morgan fingerprint density at radius 1 is 0.889 bits per heavy atom. The van der Waals surface area contributed by atoms with Gasteiger partial charge in [0.25, 0.3) is 0 Å². The number of aliphatic carboxylic acids is 2. The van der Waals surface area contributed by atoms with E-state index in [0.29, 0.717) is 37.6 Å². The van der Waals surface area contributed by atoms with E-state index < -0.39 is 24.3 Å². The van der Waals surface area contributed by atoms with Gasteiger partial charge in [-0.15, -0.1) is 0 Å². The van der Waals surface area contributed by atoms with Crippen LogP contribution in [0.2, 0.25) is 0 Å². The van der Waals surface area contributed by atoms with Gasteiger partial charge in [0.15, 0.2) is 0 Å². The Balaban J connectivity index is 0.000000421. The van der Waals surface area contributed by atoms with Gasteiger partial charge in [0.2, 0.25) is 5.91 Å². The Bertz CT molecular complexity index is 1470. The van der Waals surface area contributed by atoms with Crippen molar-refractivity contribution in [2.45, 2.75) is 19.3 Å². The largest absolute Gasteiger partial charge is 0.495 e. The third-order valence-electron chi connectivity index (χ3n) is 5.88. The van der Waals surface area contributed by atoms with Crippen LogP contribution in [-0.2, 0) is 14.4 Å². The summed E-state index contributed by atoms with van der Waals surface area (Å²) in [4.78, 5) is 38.4. The molecule has 4 rings (SSSR count). The lowest BCUT2D eigenvalue weighted by molar-refractivity contribution is -0.193. The molecule has 0 unspecified atom stereocenters. The third-order valence-corrected chi connectivity index (χ3v) is 5.88. The number of para-hydroxylation sites is 1. The summed E-state index contributed by atoms with van der Waals surface area (Å²) in [5.74, 6) is -5.10. The molecule has 1 aliphatic heterocycles. The maximum Gasteiger partial charge on any atom is 0.490 e. The number of carboxylic acids is 2. The van der Waals surface area contributed by atoms with Crippen molar-refractivity contribution in [2.24, 2.45) is 0 Å². The summed E-state index contributed by atoms with van der Waals surface area (Å²) in [5.41, 5.74) is 3.27. The minimum Gasteiger partial charge on any atom is -0.495 e. The second-order valence-corrected chi connectivity index (χ2v) is 9.06. The molecule has 0 atom stereocenters. The van der Waals surface area contributed by atoms with Gasteiger partial charge in [0.1, 0.15) is 11.6 Å². The average Bonchev–Trinajstić information content (AvgIpc) is 3.41. The lowest BCUT2D eigenvalue weighted by atomic mass is 10.1. The highest BCUT2D eigenvalue weighted by Crippen LogP contribution is 2.25. The van der Waals surface area contributed by atoms with Crippen molar-refractivity contribution in [3.63, 3.8) is 0 Å². The number of halogens is 7. The van der Waals surface area contributed by atoms with Crippen LogP contribution in [0.4, 0.5) is 36.4 Å². The number of imidazole rings is 1. The number of ether oxygens (including phenoxy) is 1. The van der Waals surface area contributed by atoms with E-state index in [1.54, 1.807) is 42.6 Å². The van der Waals surface area contributed by atoms with Crippen molar-refractivity contribution in [3.8, 4) is 11.4 Å². The number of carboxylic acid groups (broad SMARTS) is 2. The van der Waals surface area contributed by atoms with E-state index in [1.807, 2.05) is 46.9 Å². The normalized spacial score (nSPS) is 13.4. The molecule has 0 bridgehead atoms. The van der Waals surface area contributed by atoms with Crippen molar-refractivity contribution in [1.82, 2.24) is 14.5 Å². The van der Waals surface area contributed by atoms with Crippen LogP contribution in [0, 0.1) is 12.7 Å². The van der Waals surface area contributed by atoms with Crippen molar-refractivity contribution in [1.29, 1.82) is 0 Å². The number of amides is 1. The molecule has 2 aromatic carbocycles. The number of hydrogen-bond acceptors (Lipinski definition) is 6. The van der Waals surface area contributed by atoms with E-state index in [2.05, 4.69) is 4.98 Å². The summed E-state index contributed by atoms with van der Waals surface area (Å²) in [5, 5.41) is 14.2. The fourth-order valence-electron chi connectivity index (χ4n) is 3.71. The fourth-order valence-corrected chi connectivity index (χ4v) is 3.71. The Morgan fingerprint density at radius 3 is 1.91 bits per heavy atom. The molecule has 17 heteroatoms. The molecule has 3 aromatic rings. The lowest BCUT2D eigenvalue weighted by Gasteiger charge is -2.35. The Morgan fingerprint density at radius 2 is 1.44 bits per heavy atom. The molecule has 1 aliphatic rings. The number of rotatable bonds is 5. The average molecular weight is 649 g/mol. The van der Waals surface area contributed by atoms with Crippen LogP contribution in [0.1, 0.15) is 11.3 Å². The van der Waals surface area contributed by atoms with Crippen LogP contribution >= 0.6 is 0 Å². The van der Waals surface area contributed by atoms with Crippen LogP contribution in [0.15, 0.2) is 61.1 Å². The van der Waals surface area contributed by atoms with Gasteiger partial charge in [-0.1, -0.05) is 18.2 Å². The van der Waals surface area contributed by atoms with Gasteiger partial charge in [0, 0.05) is 38.5 Å². The molecular weight excluding hydrogens is 621 g/mol. The molecule has 0 aliphatic carbocycles. The molecule has 2 heterocycles. The number of alkyl halides is 6. The first-order valence-electron chi connectivity index (χ1n) is 12.7. The number of methoxy groups -OCH3 is 1. The number of aromatic nitrogens is 2. The van der Waals surface area contributed by atoms with E-state index in [-0.39, 0.29) is 11.7 Å². The summed E-state index contributed by atoms with van der Waals surface area (Å²) < 4.78 is 84.9. The van der Waals surface area contributed by atoms with E-state index in [0.717, 1.165) is 16.9 Å². The molecule has 10 nitrogen and oxygen atoms in total. The van der Waals surface area contributed by atoms with Gasteiger partial charge >= 0.3 is 24.3 Å². The Labute approximate surface area is 251 Å². The number of nitrogens with zero attached hydrogens (tertiary/aromatic N) is 4. The van der Waals surface area contributed by atoms with Crippen LogP contribution in [0.25, 0.3) is 11.8 Å². The standard InChI is InChI=1S/C24H25FN4O2.2C2HF3O2/c1-18-16-29(17-26-18)22-9-7-19(15-23(22)31-2)8-10-24(30)28-13-11-27(12-14-28)21-6-4-3-5-20(21)25;2*3-2(4,5)1(6)7/h3-10,15-17H,11-14H2,1-2H3;2*(H,6,7)/b10-8+;;. The number of carbonyl (C=O) groups excluding carboxylic acids is 1. The zero-order valence-corrected chi connectivity index (χ0v) is 23.6. The van der Waals surface area contributed by atoms with Gasteiger partial charge < -0.3 is 29.3 Å². The SMILES string of the molecule is COc1cc(/C=C/C(=O)N2CCN(c3ccccc3F)CC2)ccc1-n1cnc(C)c1.O=C(O)C(F)(F)F.O=C(O)C(F)(F)F. The Hall–Kier alpha value is -5.09. The minimum atomic E-state index is -5.08. The van der Waals surface area contributed by atoms with E-state index in [1.165, 1.54) is 6.07 Å². The lowest BCUT2D eigenvalue weighted by Crippen LogP contribution is -2.48. The molecule has 45 heavy (non-hydrogen) atoms. The second-order valence-electron chi connectivity index (χ2n) is 9.06. The summed E-state index contributed by atoms with van der Waals surface area (Å²) in [6, 6.07) is 12.5. The minimum absolute atomic E-state index is 0.0542. The second kappa shape index (κ2) is 15.6. The van der Waals surface area contributed by atoms with Crippen LogP contribution in [0.5, 0.6) is 5.75 Å². The molecule has 2 N–H and O–H groups in total. The highest BCUT2D eigenvalue weighted by Gasteiger charge is 2.38. The van der Waals surface area contributed by atoms with Gasteiger partial charge in [-0.2, -0.15) is 26.3 Å². The van der Waals surface area contributed by atoms with E-state index in [9.17, 15) is 35.5 Å². The van der Waals surface area contributed by atoms with E-state index in [4.69, 9.17) is 24.5 Å². The molecular formula is C28H27F7N4O6. The molecule has 1 fully saturated rings. The van der Waals surface area contributed by atoms with Gasteiger partial charge in [-0.05, 0) is 42.8 Å². The number of aryl methyl sites for hydroxylation is 1. The number of carbonyl (C=O) groups is 3. The zero-order valence-electron chi connectivity index (χ0n) is 23.6. The number of piperazine rings is 1. The van der Waals surface area contributed by atoms with Crippen molar-refractivity contribution in [2.75, 3.05) is 38.2 Å². The monoisotopic (exact) mass is 648 g/mol. The van der Waals surface area contributed by atoms with Gasteiger partial charge in [-0.3, -0.25) is 4.79 Å². The van der Waals surface area contributed by atoms with Crippen molar-refractivity contribution in [3.05, 3.63) is 78.1 Å². The van der Waals surface area contributed by atoms with Crippen molar-refractivity contribution >= 4 is 29.6 Å². The predicted octanol–water partition coefficient (Wildman–Crippen LogP) is 4.96. The number of benzene rings is 2. The fraction of sp³-hybridized carbons (Fsp3) is 0.286. The molecule has 244 valence electrons. The number of hydrogen-bond donors (Lipinski definition) is 2. The smallest absolute Gasteiger partial charge is 0.490 e. The molecule has 0 radical (unpaired) electrons. The highest BCUT2D eigenvalue weighted by molar-refractivity contribution is 5.92. The summed E-state index contributed by atoms with van der Waals surface area (Å²) in [7, 11) is 1.62. The summed E-state index contributed by atoms with van der Waals surface area (Å²) >= 11 is 0. The highest BCUT2D eigenvalue weighted by atomic mass is 19.4. The summed E-state index contributed by atoms with van der Waals surface area (Å²) in [6.07, 6.45) is -3.13. The van der Waals surface area contributed by atoms with Gasteiger partial charge in [0.05, 0.1) is 30.5 Å². The molecule has 0 saturated carbocycles. The first kappa shape index (κ1) is 36.1. The van der Waals surface area contributed by atoms with Crippen LogP contribution in [0.3, 0.4) is 0 Å². The number of anilines is 1. The molecule has 1 amide bonds. The Kier molecular flexibility index (Phi) is 12.5. The molecule has 1 aromatic heterocycles. The van der Waals surface area contributed by atoms with Gasteiger partial charge in [-0.25, -0.2) is 19.0 Å². The van der Waals surface area contributed by atoms with Crippen molar-refractivity contribution < 1.29 is 60.1 Å². The zero-order chi connectivity index (χ0) is 33.9. The van der Waals surface area contributed by atoms with Crippen LogP contribution in [-0.4, -0.2) is 88.2 Å². The maximum atomic E-state index is 14.0. The predicted molar refractivity (Wildman–Crippen MR) is 146 cm³/mol. The first-order valence-corrected chi connectivity index (χ1v) is 12.7. The third kappa shape index (κ3) is 11.2. The van der Waals surface area contributed by atoms with Crippen LogP contribution < -0.4 is 9.64 Å². The quantitative estimate of drug-likeness (QED) is 0.294. The maximum absolute atomic E-state index is 14.0. The molecule has 1 saturated heterocycles. The summed E-state index contributed by atoms with van der Waals surface area (Å²) in [6.45, 7) is 4.25. The van der Waals surface area contributed by atoms with E-state index >= 15 is 0 Å². The first-order chi connectivity index (χ1) is 20.9.